The smallest absolute Gasteiger partial charge is 0.122 e. The fraction of sp³-hybridized carbons (Fsp3) is 0.333. The van der Waals surface area contributed by atoms with Crippen molar-refractivity contribution in [1.82, 2.24) is 5.32 Å². The maximum atomic E-state index is 5.31. The Morgan fingerprint density at radius 1 is 1.11 bits per heavy atom. The molecular formula is C15H19NO3. The minimum Gasteiger partial charge on any atom is -0.497 e. The van der Waals surface area contributed by atoms with Gasteiger partial charge in [-0.1, -0.05) is 6.92 Å². The molecule has 1 heterocycles. The largest absolute Gasteiger partial charge is 0.497 e. The Hall–Kier alpha value is -1.94. The number of rotatable bonds is 6. The number of benzene rings is 1. The molecule has 0 aliphatic heterocycles. The first kappa shape index (κ1) is 13.5. The molecule has 1 aromatic carbocycles. The molecule has 0 saturated carbocycles. The van der Waals surface area contributed by atoms with E-state index in [-0.39, 0.29) is 6.04 Å². The molecule has 0 bridgehead atoms. The van der Waals surface area contributed by atoms with E-state index in [1.165, 1.54) is 0 Å². The third-order valence-electron chi connectivity index (χ3n) is 2.99. The predicted octanol–water partition coefficient (Wildman–Crippen LogP) is 3.00. The Labute approximate surface area is 113 Å². The zero-order chi connectivity index (χ0) is 13.7. The summed E-state index contributed by atoms with van der Waals surface area (Å²) in [7, 11) is 3.30. The lowest BCUT2D eigenvalue weighted by Crippen LogP contribution is -2.21. The van der Waals surface area contributed by atoms with E-state index >= 15 is 0 Å². The molecule has 1 aromatic heterocycles. The highest BCUT2D eigenvalue weighted by Gasteiger charge is 2.16. The standard InChI is InChI=1S/C15H19NO3/c1-4-16-15(11-5-6-19-10-11)12-7-13(17-2)9-14(8-12)18-3/h5-10,15-16H,4H2,1-3H3. The molecule has 0 fully saturated rings. The number of hydrogen-bond donors (Lipinski definition) is 1. The molecule has 1 N–H and O–H groups in total. The minimum absolute atomic E-state index is 0.0627. The number of methoxy groups -OCH3 is 2. The monoisotopic (exact) mass is 261 g/mol. The van der Waals surface area contributed by atoms with Crippen LogP contribution >= 0.6 is 0 Å². The van der Waals surface area contributed by atoms with E-state index in [1.54, 1.807) is 26.7 Å². The number of nitrogens with one attached hydrogen (secondary N) is 1. The zero-order valence-electron chi connectivity index (χ0n) is 11.5. The molecule has 0 aliphatic rings. The van der Waals surface area contributed by atoms with Crippen LogP contribution in [0.15, 0.2) is 41.2 Å². The maximum absolute atomic E-state index is 5.31. The molecule has 0 saturated heterocycles. The third-order valence-corrected chi connectivity index (χ3v) is 2.99. The van der Waals surface area contributed by atoms with Crippen LogP contribution in [0.3, 0.4) is 0 Å². The summed E-state index contributed by atoms with van der Waals surface area (Å²) in [6, 6.07) is 7.89. The summed E-state index contributed by atoms with van der Waals surface area (Å²) < 4.78 is 15.8. The summed E-state index contributed by atoms with van der Waals surface area (Å²) in [6.07, 6.45) is 3.43. The van der Waals surface area contributed by atoms with E-state index in [0.717, 1.165) is 29.2 Å². The first-order chi connectivity index (χ1) is 9.28. The van der Waals surface area contributed by atoms with Crippen molar-refractivity contribution in [2.45, 2.75) is 13.0 Å². The fourth-order valence-corrected chi connectivity index (χ4v) is 2.07. The highest BCUT2D eigenvalue weighted by Crippen LogP contribution is 2.30. The topological polar surface area (TPSA) is 43.6 Å². The van der Waals surface area contributed by atoms with Crippen molar-refractivity contribution in [2.75, 3.05) is 20.8 Å². The van der Waals surface area contributed by atoms with E-state index < -0.39 is 0 Å². The zero-order valence-corrected chi connectivity index (χ0v) is 11.5. The summed E-state index contributed by atoms with van der Waals surface area (Å²) in [5.74, 6) is 1.56. The van der Waals surface area contributed by atoms with Crippen molar-refractivity contribution in [2.24, 2.45) is 0 Å². The van der Waals surface area contributed by atoms with Crippen molar-refractivity contribution < 1.29 is 13.9 Å². The molecule has 4 nitrogen and oxygen atoms in total. The summed E-state index contributed by atoms with van der Waals surface area (Å²) >= 11 is 0. The fourth-order valence-electron chi connectivity index (χ4n) is 2.07. The lowest BCUT2D eigenvalue weighted by Gasteiger charge is -2.18. The van der Waals surface area contributed by atoms with Gasteiger partial charge in [0.1, 0.15) is 11.5 Å². The Kier molecular flexibility index (Phi) is 4.47. The van der Waals surface area contributed by atoms with Gasteiger partial charge in [-0.3, -0.25) is 0 Å². The van der Waals surface area contributed by atoms with Crippen molar-refractivity contribution >= 4 is 0 Å². The van der Waals surface area contributed by atoms with Crippen molar-refractivity contribution in [3.8, 4) is 11.5 Å². The average Bonchev–Trinajstić information content (AvgIpc) is 2.97. The molecule has 1 unspecified atom stereocenters. The van der Waals surface area contributed by atoms with Gasteiger partial charge >= 0.3 is 0 Å². The van der Waals surface area contributed by atoms with Crippen LogP contribution in [0.25, 0.3) is 0 Å². The normalized spacial score (nSPS) is 12.2. The van der Waals surface area contributed by atoms with Crippen molar-refractivity contribution in [3.63, 3.8) is 0 Å². The van der Waals surface area contributed by atoms with Gasteiger partial charge in [-0.2, -0.15) is 0 Å². The van der Waals surface area contributed by atoms with Crippen LogP contribution in [0.2, 0.25) is 0 Å². The van der Waals surface area contributed by atoms with Crippen LogP contribution in [0, 0.1) is 0 Å². The highest BCUT2D eigenvalue weighted by atomic mass is 16.5. The Morgan fingerprint density at radius 3 is 2.26 bits per heavy atom. The van der Waals surface area contributed by atoms with Gasteiger partial charge < -0.3 is 19.2 Å². The Balaban J connectivity index is 2.41. The SMILES string of the molecule is CCNC(c1ccoc1)c1cc(OC)cc(OC)c1. The average molecular weight is 261 g/mol. The lowest BCUT2D eigenvalue weighted by molar-refractivity contribution is 0.392. The van der Waals surface area contributed by atoms with Gasteiger partial charge in [0.05, 0.1) is 32.8 Å². The third kappa shape index (κ3) is 3.09. The molecule has 0 aliphatic carbocycles. The molecule has 19 heavy (non-hydrogen) atoms. The first-order valence-electron chi connectivity index (χ1n) is 6.27. The quantitative estimate of drug-likeness (QED) is 0.868. The van der Waals surface area contributed by atoms with E-state index in [9.17, 15) is 0 Å². The van der Waals surface area contributed by atoms with E-state index in [2.05, 4.69) is 12.2 Å². The summed E-state index contributed by atoms with van der Waals surface area (Å²) in [5, 5.41) is 3.43. The van der Waals surface area contributed by atoms with Gasteiger partial charge in [0.15, 0.2) is 0 Å². The highest BCUT2D eigenvalue weighted by molar-refractivity contribution is 5.42. The van der Waals surface area contributed by atoms with Gasteiger partial charge in [-0.15, -0.1) is 0 Å². The molecule has 4 heteroatoms. The van der Waals surface area contributed by atoms with Crippen LogP contribution in [0.1, 0.15) is 24.1 Å². The molecule has 1 atom stereocenters. The molecule has 0 spiro atoms. The number of hydrogen-bond acceptors (Lipinski definition) is 4. The van der Waals surface area contributed by atoms with Crippen molar-refractivity contribution in [3.05, 3.63) is 47.9 Å². The van der Waals surface area contributed by atoms with Crippen molar-refractivity contribution in [1.29, 1.82) is 0 Å². The van der Waals surface area contributed by atoms with Crippen LogP contribution < -0.4 is 14.8 Å². The Morgan fingerprint density at radius 2 is 1.79 bits per heavy atom. The second kappa shape index (κ2) is 6.29. The van der Waals surface area contributed by atoms with E-state index in [0.29, 0.717) is 0 Å². The molecule has 102 valence electrons. The lowest BCUT2D eigenvalue weighted by atomic mass is 10.0. The first-order valence-corrected chi connectivity index (χ1v) is 6.27. The predicted molar refractivity (Wildman–Crippen MR) is 73.8 cm³/mol. The van der Waals surface area contributed by atoms with Crippen LogP contribution in [0.5, 0.6) is 11.5 Å². The Bertz CT molecular complexity index is 486. The second-order valence-corrected chi connectivity index (χ2v) is 4.19. The van der Waals surface area contributed by atoms with E-state index in [4.69, 9.17) is 13.9 Å². The van der Waals surface area contributed by atoms with Crippen LogP contribution in [0.4, 0.5) is 0 Å². The second-order valence-electron chi connectivity index (χ2n) is 4.19. The summed E-state index contributed by atoms with van der Waals surface area (Å²) in [4.78, 5) is 0. The maximum Gasteiger partial charge on any atom is 0.122 e. The molecule has 2 rings (SSSR count). The van der Waals surface area contributed by atoms with Gasteiger partial charge in [-0.05, 0) is 30.3 Å². The summed E-state index contributed by atoms with van der Waals surface area (Å²) in [6.45, 7) is 2.93. The minimum atomic E-state index is 0.0627. The molecule has 2 aromatic rings. The van der Waals surface area contributed by atoms with Gasteiger partial charge in [-0.25, -0.2) is 0 Å². The van der Waals surface area contributed by atoms with Gasteiger partial charge in [0.2, 0.25) is 0 Å². The molecular weight excluding hydrogens is 242 g/mol. The number of furan rings is 1. The molecule has 0 amide bonds. The van der Waals surface area contributed by atoms with Gasteiger partial charge in [0.25, 0.3) is 0 Å². The molecule has 0 radical (unpaired) electrons. The van der Waals surface area contributed by atoms with Crippen LogP contribution in [-0.4, -0.2) is 20.8 Å². The van der Waals surface area contributed by atoms with Gasteiger partial charge in [0, 0.05) is 11.6 Å². The van der Waals surface area contributed by atoms with Crippen LogP contribution in [-0.2, 0) is 0 Å². The number of ether oxygens (including phenoxy) is 2. The van der Waals surface area contributed by atoms with E-state index in [1.807, 2.05) is 24.3 Å². The summed E-state index contributed by atoms with van der Waals surface area (Å²) in [5.41, 5.74) is 2.16.